The fourth-order valence-electron chi connectivity index (χ4n) is 4.89. The zero-order valence-electron chi connectivity index (χ0n) is 19.6. The summed E-state index contributed by atoms with van der Waals surface area (Å²) in [6.45, 7) is 4.84. The molecule has 4 rings (SSSR count). The Hall–Kier alpha value is -2.91. The Morgan fingerprint density at radius 2 is 1.85 bits per heavy atom. The summed E-state index contributed by atoms with van der Waals surface area (Å²) in [6, 6.07) is 6.42. The molecule has 2 aliphatic rings. The number of hydrogen-bond donors (Lipinski definition) is 1. The van der Waals surface area contributed by atoms with Crippen LogP contribution < -0.4 is 15.7 Å². The monoisotopic (exact) mass is 472 g/mol. The van der Waals surface area contributed by atoms with E-state index in [9.17, 15) is 14.4 Å². The molecule has 1 aliphatic carbocycles. The van der Waals surface area contributed by atoms with Crippen LogP contribution in [0.1, 0.15) is 37.7 Å². The normalized spacial score (nSPS) is 18.4. The maximum absolute atomic E-state index is 12.4. The smallest absolute Gasteiger partial charge is 0.344 e. The third kappa shape index (κ3) is 5.95. The first-order valence-electron chi connectivity index (χ1n) is 11.9. The molecule has 1 saturated heterocycles. The second-order valence-electron chi connectivity index (χ2n) is 9.02. The van der Waals surface area contributed by atoms with Crippen LogP contribution >= 0.6 is 0 Å². The van der Waals surface area contributed by atoms with E-state index in [1.54, 1.807) is 18.2 Å². The van der Waals surface area contributed by atoms with Gasteiger partial charge in [-0.2, -0.15) is 0 Å². The van der Waals surface area contributed by atoms with Gasteiger partial charge in [-0.15, -0.1) is 0 Å². The van der Waals surface area contributed by atoms with Crippen molar-refractivity contribution in [2.75, 3.05) is 46.1 Å². The Morgan fingerprint density at radius 3 is 2.62 bits per heavy atom. The number of nitrogens with zero attached hydrogens (tertiary/aromatic N) is 1. The van der Waals surface area contributed by atoms with Crippen LogP contribution in [-0.2, 0) is 19.1 Å². The van der Waals surface area contributed by atoms with Crippen molar-refractivity contribution in [3.63, 3.8) is 0 Å². The van der Waals surface area contributed by atoms with Crippen molar-refractivity contribution in [2.24, 2.45) is 0 Å². The lowest BCUT2D eigenvalue weighted by atomic mass is 9.79. The van der Waals surface area contributed by atoms with Gasteiger partial charge in [0.1, 0.15) is 11.3 Å². The van der Waals surface area contributed by atoms with Crippen LogP contribution in [0.5, 0.6) is 5.75 Å². The lowest BCUT2D eigenvalue weighted by Crippen LogP contribution is -2.59. The number of morpholine rings is 1. The SMILES string of the molecule is Cc1cc(=O)oc2cc(OCC(=O)OCC(=O)NCC3(N4CCOCC4)CCCCC3)ccc12. The molecule has 9 nitrogen and oxygen atoms in total. The number of fused-ring (bicyclic) bond motifs is 1. The van der Waals surface area contributed by atoms with E-state index in [1.165, 1.54) is 12.5 Å². The molecule has 0 atom stereocenters. The van der Waals surface area contributed by atoms with Gasteiger partial charge in [0.25, 0.3) is 5.91 Å². The molecule has 0 spiro atoms. The van der Waals surface area contributed by atoms with Gasteiger partial charge in [-0.3, -0.25) is 9.69 Å². The highest BCUT2D eigenvalue weighted by molar-refractivity contribution is 5.82. The quantitative estimate of drug-likeness (QED) is 0.460. The summed E-state index contributed by atoms with van der Waals surface area (Å²) >= 11 is 0. The third-order valence-corrected chi connectivity index (χ3v) is 6.72. The first-order valence-corrected chi connectivity index (χ1v) is 11.9. The van der Waals surface area contributed by atoms with Gasteiger partial charge in [0.2, 0.25) is 0 Å². The van der Waals surface area contributed by atoms with Crippen LogP contribution in [0.2, 0.25) is 0 Å². The first kappa shape index (κ1) is 24.2. The van der Waals surface area contributed by atoms with Crippen LogP contribution in [0.15, 0.2) is 33.5 Å². The van der Waals surface area contributed by atoms with Crippen molar-refractivity contribution in [2.45, 2.75) is 44.6 Å². The second kappa shape index (κ2) is 11.0. The molecular weight excluding hydrogens is 440 g/mol. The molecule has 0 radical (unpaired) electrons. The molecule has 1 aliphatic heterocycles. The lowest BCUT2D eigenvalue weighted by molar-refractivity contribution is -0.150. The first-order chi connectivity index (χ1) is 16.4. The molecule has 0 bridgehead atoms. The second-order valence-corrected chi connectivity index (χ2v) is 9.02. The summed E-state index contributed by atoms with van der Waals surface area (Å²) in [6.07, 6.45) is 5.62. The minimum atomic E-state index is -0.651. The van der Waals surface area contributed by atoms with Gasteiger partial charge >= 0.3 is 11.6 Å². The molecule has 1 N–H and O–H groups in total. The highest BCUT2D eigenvalue weighted by Gasteiger charge is 2.38. The van der Waals surface area contributed by atoms with Gasteiger partial charge in [0.05, 0.1) is 13.2 Å². The predicted molar refractivity (Wildman–Crippen MR) is 125 cm³/mol. The standard InChI is InChI=1S/C25H32N2O7/c1-18-13-23(29)34-21-14-19(5-6-20(18)21)32-16-24(30)33-15-22(28)26-17-25(7-3-2-4-8-25)27-9-11-31-12-10-27/h5-6,13-14H,2-4,7-12,15-17H2,1H3,(H,26,28). The van der Waals surface area contributed by atoms with E-state index in [-0.39, 0.29) is 24.7 Å². The summed E-state index contributed by atoms with van der Waals surface area (Å²) < 4.78 is 21.2. The van der Waals surface area contributed by atoms with E-state index in [1.807, 2.05) is 6.92 Å². The summed E-state index contributed by atoms with van der Waals surface area (Å²) in [5, 5.41) is 3.76. The van der Waals surface area contributed by atoms with E-state index in [2.05, 4.69) is 10.2 Å². The van der Waals surface area contributed by atoms with Crippen molar-refractivity contribution in [1.29, 1.82) is 0 Å². The molecule has 1 saturated carbocycles. The van der Waals surface area contributed by atoms with Gasteiger partial charge in [-0.05, 0) is 37.5 Å². The topological polar surface area (TPSA) is 107 Å². The van der Waals surface area contributed by atoms with E-state index in [0.717, 1.165) is 62.9 Å². The summed E-state index contributed by atoms with van der Waals surface area (Å²) in [4.78, 5) is 38.5. The van der Waals surface area contributed by atoms with Crippen LogP contribution in [0.4, 0.5) is 0 Å². The average molecular weight is 473 g/mol. The molecule has 1 aromatic heterocycles. The maximum Gasteiger partial charge on any atom is 0.344 e. The minimum Gasteiger partial charge on any atom is -0.482 e. The Balaban J connectivity index is 1.24. The van der Waals surface area contributed by atoms with E-state index >= 15 is 0 Å². The molecule has 1 aromatic carbocycles. The molecule has 9 heteroatoms. The van der Waals surface area contributed by atoms with Gasteiger partial charge < -0.3 is 23.9 Å². The summed E-state index contributed by atoms with van der Waals surface area (Å²) in [5.74, 6) is -0.608. The summed E-state index contributed by atoms with van der Waals surface area (Å²) in [7, 11) is 0. The molecule has 184 valence electrons. The fourth-order valence-corrected chi connectivity index (χ4v) is 4.89. The number of hydrogen-bond acceptors (Lipinski definition) is 8. The molecule has 1 amide bonds. The number of carbonyl (C=O) groups is 2. The largest absolute Gasteiger partial charge is 0.482 e. The third-order valence-electron chi connectivity index (χ3n) is 6.72. The number of rotatable bonds is 8. The van der Waals surface area contributed by atoms with Gasteiger partial charge in [0.15, 0.2) is 13.2 Å². The van der Waals surface area contributed by atoms with E-state index in [0.29, 0.717) is 17.9 Å². The zero-order chi connectivity index (χ0) is 24.0. The summed E-state index contributed by atoms with van der Waals surface area (Å²) in [5.41, 5.74) is 0.684. The van der Waals surface area contributed by atoms with Crippen LogP contribution in [0.25, 0.3) is 11.0 Å². The number of carbonyl (C=O) groups excluding carboxylic acids is 2. The average Bonchev–Trinajstić information content (AvgIpc) is 2.85. The van der Waals surface area contributed by atoms with Crippen molar-refractivity contribution >= 4 is 22.8 Å². The van der Waals surface area contributed by atoms with Crippen LogP contribution in [0, 0.1) is 6.92 Å². The number of ether oxygens (including phenoxy) is 3. The fraction of sp³-hybridized carbons (Fsp3) is 0.560. The van der Waals surface area contributed by atoms with E-state index < -0.39 is 11.6 Å². The molecule has 2 fully saturated rings. The predicted octanol–water partition coefficient (Wildman–Crippen LogP) is 2.17. The Labute approximate surface area is 198 Å². The number of amides is 1. The maximum atomic E-state index is 12.4. The number of esters is 1. The lowest BCUT2D eigenvalue weighted by Gasteiger charge is -2.48. The van der Waals surface area contributed by atoms with Crippen molar-refractivity contribution in [3.8, 4) is 5.75 Å². The van der Waals surface area contributed by atoms with Gasteiger partial charge in [-0.1, -0.05) is 19.3 Å². The van der Waals surface area contributed by atoms with E-state index in [4.69, 9.17) is 18.6 Å². The van der Waals surface area contributed by atoms with Crippen LogP contribution in [0.3, 0.4) is 0 Å². The Morgan fingerprint density at radius 1 is 1.09 bits per heavy atom. The molecular formula is C25H32N2O7. The van der Waals surface area contributed by atoms with Crippen molar-refractivity contribution in [1.82, 2.24) is 10.2 Å². The minimum absolute atomic E-state index is 0.0474. The van der Waals surface area contributed by atoms with Crippen LogP contribution in [-0.4, -0.2) is 68.4 Å². The number of aryl methyl sites for hydroxylation is 1. The molecule has 2 aromatic rings. The number of benzene rings is 1. The Kier molecular flexibility index (Phi) is 7.84. The van der Waals surface area contributed by atoms with Gasteiger partial charge in [0, 0.05) is 42.7 Å². The van der Waals surface area contributed by atoms with Gasteiger partial charge in [-0.25, -0.2) is 9.59 Å². The zero-order valence-corrected chi connectivity index (χ0v) is 19.6. The van der Waals surface area contributed by atoms with Crippen molar-refractivity contribution < 1.29 is 28.2 Å². The molecule has 34 heavy (non-hydrogen) atoms. The Bertz CT molecular complexity index is 1070. The number of nitrogens with one attached hydrogen (secondary N) is 1. The van der Waals surface area contributed by atoms with Crippen molar-refractivity contribution in [3.05, 3.63) is 40.2 Å². The highest BCUT2D eigenvalue weighted by atomic mass is 16.6. The highest BCUT2D eigenvalue weighted by Crippen LogP contribution is 2.33. The molecule has 0 unspecified atom stereocenters. The molecule has 2 heterocycles.